The van der Waals surface area contributed by atoms with Crippen LogP contribution in [0.5, 0.6) is 5.75 Å². The Kier molecular flexibility index (Phi) is 3.70. The minimum atomic E-state index is -0.687. The normalized spacial score (nSPS) is 23.3. The molecule has 0 heterocycles. The Hall–Kier alpha value is -1.77. The molecule has 1 aromatic rings. The third kappa shape index (κ3) is 2.55. The predicted octanol–water partition coefficient (Wildman–Crippen LogP) is 3.21. The highest BCUT2D eigenvalue weighted by Gasteiger charge is 2.28. The average molecular weight is 246 g/mol. The van der Waals surface area contributed by atoms with Crippen molar-refractivity contribution < 1.29 is 14.6 Å². The van der Waals surface area contributed by atoms with Crippen molar-refractivity contribution in [1.82, 2.24) is 0 Å². The molecule has 3 heteroatoms. The molecule has 96 valence electrons. The molecule has 0 fully saturated rings. The first-order chi connectivity index (χ1) is 8.61. The Labute approximate surface area is 107 Å². The van der Waals surface area contributed by atoms with Gasteiger partial charge in [-0.2, -0.15) is 0 Å². The lowest BCUT2D eigenvalue weighted by atomic mass is 9.79. The van der Waals surface area contributed by atoms with Gasteiger partial charge >= 0.3 is 5.97 Å². The molecular formula is C15H18O3. The van der Waals surface area contributed by atoms with E-state index in [1.165, 1.54) is 5.57 Å². The van der Waals surface area contributed by atoms with Crippen LogP contribution >= 0.6 is 0 Å². The molecule has 0 bridgehead atoms. The molecule has 2 unspecified atom stereocenters. The Morgan fingerprint density at radius 3 is 2.50 bits per heavy atom. The maximum absolute atomic E-state index is 11.0. The van der Waals surface area contributed by atoms with Crippen molar-refractivity contribution in [3.05, 3.63) is 35.9 Å². The van der Waals surface area contributed by atoms with Gasteiger partial charge in [0.25, 0.3) is 0 Å². The molecule has 1 aromatic carbocycles. The molecule has 1 aliphatic rings. The number of carbonyl (C=O) groups is 1. The summed E-state index contributed by atoms with van der Waals surface area (Å²) in [7, 11) is 1.65. The van der Waals surface area contributed by atoms with E-state index < -0.39 is 5.97 Å². The Morgan fingerprint density at radius 1 is 1.33 bits per heavy atom. The van der Waals surface area contributed by atoms with E-state index in [2.05, 4.69) is 6.08 Å². The molecule has 0 radical (unpaired) electrons. The fraction of sp³-hybridized carbons (Fsp3) is 0.400. The first-order valence-electron chi connectivity index (χ1n) is 6.18. The van der Waals surface area contributed by atoms with Gasteiger partial charge in [-0.15, -0.1) is 0 Å². The number of benzene rings is 1. The minimum absolute atomic E-state index is 0.185. The van der Waals surface area contributed by atoms with Gasteiger partial charge in [0, 0.05) is 0 Å². The van der Waals surface area contributed by atoms with E-state index in [1.807, 2.05) is 31.2 Å². The second kappa shape index (κ2) is 5.25. The number of allylic oxidation sites excluding steroid dienone is 2. The van der Waals surface area contributed by atoms with Crippen molar-refractivity contribution >= 4 is 11.5 Å². The number of ether oxygens (including phenoxy) is 1. The summed E-state index contributed by atoms with van der Waals surface area (Å²) in [5.74, 6) is 0.0933. The van der Waals surface area contributed by atoms with Crippen LogP contribution < -0.4 is 4.74 Å². The van der Waals surface area contributed by atoms with Gasteiger partial charge in [-0.3, -0.25) is 4.79 Å². The summed E-state index contributed by atoms with van der Waals surface area (Å²) in [6, 6.07) is 7.92. The van der Waals surface area contributed by atoms with Crippen LogP contribution in [0.4, 0.5) is 0 Å². The lowest BCUT2D eigenvalue weighted by Crippen LogP contribution is -2.24. The van der Waals surface area contributed by atoms with Crippen molar-refractivity contribution in [2.24, 2.45) is 11.8 Å². The molecule has 0 spiro atoms. The fourth-order valence-corrected chi connectivity index (χ4v) is 2.46. The SMILES string of the molecule is COc1ccc(C2=CCC(C(=O)O)C(C)C2)cc1. The van der Waals surface area contributed by atoms with Crippen LogP contribution in [0.25, 0.3) is 5.57 Å². The summed E-state index contributed by atoms with van der Waals surface area (Å²) in [6.07, 6.45) is 3.50. The highest BCUT2D eigenvalue weighted by molar-refractivity contribution is 5.74. The van der Waals surface area contributed by atoms with Crippen LogP contribution in [0.3, 0.4) is 0 Å². The molecule has 0 saturated heterocycles. The topological polar surface area (TPSA) is 46.5 Å². The summed E-state index contributed by atoms with van der Waals surface area (Å²) in [5.41, 5.74) is 2.40. The summed E-state index contributed by atoms with van der Waals surface area (Å²) in [5, 5.41) is 9.09. The van der Waals surface area contributed by atoms with Crippen LogP contribution in [-0.4, -0.2) is 18.2 Å². The molecule has 1 N–H and O–H groups in total. The first kappa shape index (κ1) is 12.7. The average Bonchev–Trinajstić information content (AvgIpc) is 2.38. The van der Waals surface area contributed by atoms with E-state index in [4.69, 9.17) is 9.84 Å². The molecule has 2 rings (SSSR count). The number of carboxylic acids is 1. The number of rotatable bonds is 3. The van der Waals surface area contributed by atoms with E-state index in [-0.39, 0.29) is 11.8 Å². The number of hydrogen-bond donors (Lipinski definition) is 1. The van der Waals surface area contributed by atoms with Crippen molar-refractivity contribution in [2.45, 2.75) is 19.8 Å². The Morgan fingerprint density at radius 2 is 2.00 bits per heavy atom. The zero-order valence-electron chi connectivity index (χ0n) is 10.7. The molecule has 1 aliphatic carbocycles. The van der Waals surface area contributed by atoms with E-state index >= 15 is 0 Å². The van der Waals surface area contributed by atoms with Gasteiger partial charge in [0.05, 0.1) is 13.0 Å². The minimum Gasteiger partial charge on any atom is -0.497 e. The van der Waals surface area contributed by atoms with E-state index in [0.717, 1.165) is 17.7 Å². The molecule has 0 amide bonds. The molecule has 2 atom stereocenters. The van der Waals surface area contributed by atoms with Crippen molar-refractivity contribution in [3.63, 3.8) is 0 Å². The van der Waals surface area contributed by atoms with Gasteiger partial charge in [-0.25, -0.2) is 0 Å². The van der Waals surface area contributed by atoms with Crippen molar-refractivity contribution in [3.8, 4) is 5.75 Å². The summed E-state index contributed by atoms with van der Waals surface area (Å²) in [6.45, 7) is 2.01. The van der Waals surface area contributed by atoms with E-state index in [0.29, 0.717) is 6.42 Å². The molecule has 0 aromatic heterocycles. The third-order valence-electron chi connectivity index (χ3n) is 3.62. The lowest BCUT2D eigenvalue weighted by molar-refractivity contribution is -0.143. The van der Waals surface area contributed by atoms with Crippen LogP contribution in [0.15, 0.2) is 30.3 Å². The number of carboxylic acid groups (broad SMARTS) is 1. The lowest BCUT2D eigenvalue weighted by Gasteiger charge is -2.25. The Bertz CT molecular complexity index is 459. The zero-order valence-corrected chi connectivity index (χ0v) is 10.7. The van der Waals surface area contributed by atoms with Crippen LogP contribution in [0.1, 0.15) is 25.3 Å². The smallest absolute Gasteiger partial charge is 0.307 e. The van der Waals surface area contributed by atoms with Crippen molar-refractivity contribution in [2.75, 3.05) is 7.11 Å². The van der Waals surface area contributed by atoms with Gasteiger partial charge in [0.15, 0.2) is 0 Å². The quantitative estimate of drug-likeness (QED) is 0.890. The van der Waals surface area contributed by atoms with Crippen LogP contribution in [0.2, 0.25) is 0 Å². The summed E-state index contributed by atoms with van der Waals surface area (Å²) >= 11 is 0. The largest absolute Gasteiger partial charge is 0.497 e. The van der Waals surface area contributed by atoms with Crippen LogP contribution in [0, 0.1) is 11.8 Å². The number of hydrogen-bond acceptors (Lipinski definition) is 2. The predicted molar refractivity (Wildman–Crippen MR) is 70.5 cm³/mol. The van der Waals surface area contributed by atoms with Crippen molar-refractivity contribution in [1.29, 1.82) is 0 Å². The standard InChI is InChI=1S/C15H18O3/c1-10-9-12(5-8-14(10)15(16)17)11-3-6-13(18-2)7-4-11/h3-7,10,14H,8-9H2,1-2H3,(H,16,17). The third-order valence-corrected chi connectivity index (χ3v) is 3.62. The maximum Gasteiger partial charge on any atom is 0.307 e. The van der Waals surface area contributed by atoms with E-state index in [1.54, 1.807) is 7.11 Å². The second-order valence-electron chi connectivity index (χ2n) is 4.82. The number of aliphatic carboxylic acids is 1. The van der Waals surface area contributed by atoms with Crippen LogP contribution in [-0.2, 0) is 4.79 Å². The van der Waals surface area contributed by atoms with Gasteiger partial charge in [0.1, 0.15) is 5.75 Å². The fourth-order valence-electron chi connectivity index (χ4n) is 2.46. The van der Waals surface area contributed by atoms with E-state index in [9.17, 15) is 4.79 Å². The van der Waals surface area contributed by atoms with Gasteiger partial charge < -0.3 is 9.84 Å². The highest BCUT2D eigenvalue weighted by atomic mass is 16.5. The zero-order chi connectivity index (χ0) is 13.1. The number of methoxy groups -OCH3 is 1. The molecule has 0 saturated carbocycles. The molecule has 3 nitrogen and oxygen atoms in total. The van der Waals surface area contributed by atoms with Gasteiger partial charge in [-0.05, 0) is 42.0 Å². The summed E-state index contributed by atoms with van der Waals surface area (Å²) in [4.78, 5) is 11.0. The van der Waals surface area contributed by atoms with Gasteiger partial charge in [-0.1, -0.05) is 25.1 Å². The second-order valence-corrected chi connectivity index (χ2v) is 4.82. The molecule has 18 heavy (non-hydrogen) atoms. The molecular weight excluding hydrogens is 228 g/mol. The monoisotopic (exact) mass is 246 g/mol. The highest BCUT2D eigenvalue weighted by Crippen LogP contribution is 2.35. The van der Waals surface area contributed by atoms with Gasteiger partial charge in [0.2, 0.25) is 0 Å². The maximum atomic E-state index is 11.0. The first-order valence-corrected chi connectivity index (χ1v) is 6.18. The summed E-state index contributed by atoms with van der Waals surface area (Å²) < 4.78 is 5.13. The Balaban J connectivity index is 2.17. The molecule has 0 aliphatic heterocycles.